The third-order valence-corrected chi connectivity index (χ3v) is 4.40. The van der Waals surface area contributed by atoms with Crippen molar-refractivity contribution in [1.29, 1.82) is 0 Å². The highest BCUT2D eigenvalue weighted by atomic mass is 16.5. The van der Waals surface area contributed by atoms with Crippen LogP contribution in [0.5, 0.6) is 5.75 Å². The lowest BCUT2D eigenvalue weighted by Gasteiger charge is -2.07. The molecule has 1 heterocycles. The van der Waals surface area contributed by atoms with Gasteiger partial charge in [0, 0.05) is 28.6 Å². The van der Waals surface area contributed by atoms with E-state index in [1.54, 1.807) is 13.2 Å². The molecule has 0 aliphatic carbocycles. The lowest BCUT2D eigenvalue weighted by atomic mass is 10.1. The number of nitrogens with one attached hydrogen (secondary N) is 2. The third-order valence-electron chi connectivity index (χ3n) is 4.40. The van der Waals surface area contributed by atoms with Crippen molar-refractivity contribution in [2.24, 2.45) is 0 Å². The molecule has 3 rings (SSSR count). The number of ether oxygens (including phenoxy) is 1. The quantitative estimate of drug-likeness (QED) is 0.712. The molecular formula is C21H22N2O3. The zero-order valence-electron chi connectivity index (χ0n) is 15.0. The number of amides is 1. The maximum atomic E-state index is 12.2. The average molecular weight is 350 g/mol. The Hall–Kier alpha value is -3.08. The number of rotatable bonds is 6. The molecule has 1 amide bonds. The van der Waals surface area contributed by atoms with Crippen LogP contribution in [-0.4, -0.2) is 18.0 Å². The van der Waals surface area contributed by atoms with Crippen LogP contribution in [0.4, 0.5) is 5.69 Å². The number of aromatic amines is 1. The monoisotopic (exact) mass is 350 g/mol. The first-order valence-electron chi connectivity index (χ1n) is 8.68. The van der Waals surface area contributed by atoms with Crippen LogP contribution >= 0.6 is 0 Å². The number of methoxy groups -OCH3 is 1. The summed E-state index contributed by atoms with van der Waals surface area (Å²) in [5, 5.41) is 3.75. The van der Waals surface area contributed by atoms with E-state index in [9.17, 15) is 9.59 Å². The Morgan fingerprint density at radius 3 is 2.58 bits per heavy atom. The minimum Gasteiger partial charge on any atom is -0.497 e. The number of anilines is 1. The van der Waals surface area contributed by atoms with Crippen molar-refractivity contribution in [1.82, 2.24) is 4.98 Å². The summed E-state index contributed by atoms with van der Waals surface area (Å²) in [4.78, 5) is 27.2. The number of aryl methyl sites for hydroxylation is 2. The minimum absolute atomic E-state index is 0.112. The number of hydrogen-bond donors (Lipinski definition) is 2. The second-order valence-electron chi connectivity index (χ2n) is 6.18. The lowest BCUT2D eigenvalue weighted by Crippen LogP contribution is -2.17. The van der Waals surface area contributed by atoms with E-state index in [1.165, 1.54) is 5.56 Å². The zero-order valence-corrected chi connectivity index (χ0v) is 15.0. The van der Waals surface area contributed by atoms with Crippen LogP contribution < -0.4 is 15.6 Å². The highest BCUT2D eigenvalue weighted by Gasteiger charge is 2.08. The van der Waals surface area contributed by atoms with Crippen molar-refractivity contribution in [2.45, 2.75) is 26.2 Å². The van der Waals surface area contributed by atoms with Gasteiger partial charge in [-0.25, -0.2) is 0 Å². The first-order chi connectivity index (χ1) is 12.6. The third kappa shape index (κ3) is 4.11. The van der Waals surface area contributed by atoms with Crippen LogP contribution in [0.2, 0.25) is 0 Å². The van der Waals surface area contributed by atoms with Crippen LogP contribution in [0.15, 0.2) is 53.3 Å². The second-order valence-corrected chi connectivity index (χ2v) is 6.18. The van der Waals surface area contributed by atoms with E-state index < -0.39 is 0 Å². The SMILES string of the molecule is CCc1ccc(NC(=O)CCc2cc3cc(OC)ccc3[nH]c2=O)cc1. The molecule has 3 aromatic rings. The van der Waals surface area contributed by atoms with Gasteiger partial charge >= 0.3 is 0 Å². The number of hydrogen-bond acceptors (Lipinski definition) is 3. The normalized spacial score (nSPS) is 10.7. The molecule has 0 aliphatic rings. The van der Waals surface area contributed by atoms with E-state index in [2.05, 4.69) is 17.2 Å². The summed E-state index contributed by atoms with van der Waals surface area (Å²) < 4.78 is 5.22. The molecule has 5 heteroatoms. The Balaban J connectivity index is 1.68. The van der Waals surface area contributed by atoms with Gasteiger partial charge in [0.15, 0.2) is 0 Å². The molecule has 0 bridgehead atoms. The van der Waals surface area contributed by atoms with Crippen LogP contribution in [-0.2, 0) is 17.6 Å². The van der Waals surface area contributed by atoms with Gasteiger partial charge in [0.2, 0.25) is 5.91 Å². The number of carbonyl (C=O) groups is 1. The molecule has 134 valence electrons. The van der Waals surface area contributed by atoms with E-state index in [4.69, 9.17) is 4.74 Å². The fourth-order valence-electron chi connectivity index (χ4n) is 2.84. The Morgan fingerprint density at radius 1 is 1.12 bits per heavy atom. The van der Waals surface area contributed by atoms with Gasteiger partial charge in [-0.2, -0.15) is 0 Å². The molecule has 1 aromatic heterocycles. The fraction of sp³-hybridized carbons (Fsp3) is 0.238. The van der Waals surface area contributed by atoms with Crippen molar-refractivity contribution in [2.75, 3.05) is 12.4 Å². The molecule has 5 nitrogen and oxygen atoms in total. The van der Waals surface area contributed by atoms with Crippen molar-refractivity contribution in [3.8, 4) is 5.75 Å². The molecule has 2 N–H and O–H groups in total. The van der Waals surface area contributed by atoms with E-state index in [0.29, 0.717) is 12.0 Å². The summed E-state index contributed by atoms with van der Waals surface area (Å²) in [5.74, 6) is 0.614. The van der Waals surface area contributed by atoms with Crippen molar-refractivity contribution < 1.29 is 9.53 Å². The molecule has 0 saturated carbocycles. The number of fused-ring (bicyclic) bond motifs is 1. The van der Waals surface area contributed by atoms with E-state index in [1.807, 2.05) is 42.5 Å². The van der Waals surface area contributed by atoms with Gasteiger partial charge < -0.3 is 15.0 Å². The largest absolute Gasteiger partial charge is 0.497 e. The number of H-pyrrole nitrogens is 1. The van der Waals surface area contributed by atoms with E-state index in [0.717, 1.165) is 28.8 Å². The highest BCUT2D eigenvalue weighted by molar-refractivity contribution is 5.91. The number of pyridine rings is 1. The Bertz CT molecular complexity index is 975. The van der Waals surface area contributed by atoms with Gasteiger partial charge in [-0.15, -0.1) is 0 Å². The topological polar surface area (TPSA) is 71.2 Å². The van der Waals surface area contributed by atoms with Gasteiger partial charge in [-0.1, -0.05) is 19.1 Å². The van der Waals surface area contributed by atoms with E-state index in [-0.39, 0.29) is 17.9 Å². The van der Waals surface area contributed by atoms with Gasteiger partial charge in [0.05, 0.1) is 7.11 Å². The molecule has 26 heavy (non-hydrogen) atoms. The summed E-state index contributed by atoms with van der Waals surface area (Å²) in [5.41, 5.74) is 3.16. The average Bonchev–Trinajstić information content (AvgIpc) is 2.66. The molecule has 0 aliphatic heterocycles. The molecule has 0 saturated heterocycles. The predicted octanol–water partition coefficient (Wildman–Crippen LogP) is 3.67. The lowest BCUT2D eigenvalue weighted by molar-refractivity contribution is -0.116. The maximum Gasteiger partial charge on any atom is 0.251 e. The molecule has 0 atom stereocenters. The summed E-state index contributed by atoms with van der Waals surface area (Å²) in [6.45, 7) is 2.09. The minimum atomic E-state index is -0.164. The summed E-state index contributed by atoms with van der Waals surface area (Å²) in [7, 11) is 1.60. The van der Waals surface area contributed by atoms with Gasteiger partial charge in [0.1, 0.15) is 5.75 Å². The van der Waals surface area contributed by atoms with E-state index >= 15 is 0 Å². The summed E-state index contributed by atoms with van der Waals surface area (Å²) >= 11 is 0. The summed E-state index contributed by atoms with van der Waals surface area (Å²) in [6.07, 6.45) is 1.58. The Kier molecular flexibility index (Phi) is 5.37. The molecule has 0 unspecified atom stereocenters. The molecule has 0 radical (unpaired) electrons. The number of benzene rings is 2. The van der Waals surface area contributed by atoms with Crippen LogP contribution in [0.25, 0.3) is 10.9 Å². The molecule has 0 spiro atoms. The van der Waals surface area contributed by atoms with Crippen LogP contribution in [0, 0.1) is 0 Å². The second kappa shape index (κ2) is 7.87. The predicted molar refractivity (Wildman–Crippen MR) is 104 cm³/mol. The Morgan fingerprint density at radius 2 is 1.88 bits per heavy atom. The standard InChI is InChI=1S/C21H22N2O3/c1-3-14-4-7-17(8-5-14)22-20(24)11-6-15-12-16-13-18(26-2)9-10-19(16)23-21(15)25/h4-5,7-10,12-13H,3,6,11H2,1-2H3,(H,22,24)(H,23,25). The molecule has 0 fully saturated rings. The smallest absolute Gasteiger partial charge is 0.251 e. The van der Waals surface area contributed by atoms with Crippen LogP contribution in [0.3, 0.4) is 0 Å². The van der Waals surface area contributed by atoms with Gasteiger partial charge in [0.25, 0.3) is 5.56 Å². The van der Waals surface area contributed by atoms with Crippen molar-refractivity contribution >= 4 is 22.5 Å². The fourth-order valence-corrected chi connectivity index (χ4v) is 2.84. The number of aromatic nitrogens is 1. The van der Waals surface area contributed by atoms with Crippen LogP contribution in [0.1, 0.15) is 24.5 Å². The maximum absolute atomic E-state index is 12.2. The zero-order chi connectivity index (χ0) is 18.5. The first-order valence-corrected chi connectivity index (χ1v) is 8.68. The van der Waals surface area contributed by atoms with Gasteiger partial charge in [-0.3, -0.25) is 9.59 Å². The van der Waals surface area contributed by atoms with Crippen molar-refractivity contribution in [3.05, 3.63) is 70.0 Å². The van der Waals surface area contributed by atoms with Gasteiger partial charge in [-0.05, 0) is 54.8 Å². The first kappa shape index (κ1) is 17.7. The summed E-state index contributed by atoms with van der Waals surface area (Å²) in [6, 6.07) is 15.1. The molecular weight excluding hydrogens is 328 g/mol. The van der Waals surface area contributed by atoms with Crippen molar-refractivity contribution in [3.63, 3.8) is 0 Å². The number of carbonyl (C=O) groups excluding carboxylic acids is 1. The molecule has 2 aromatic carbocycles. The Labute approximate surface area is 152 Å². The highest BCUT2D eigenvalue weighted by Crippen LogP contribution is 2.19.